The summed E-state index contributed by atoms with van der Waals surface area (Å²) >= 11 is 0. The van der Waals surface area contributed by atoms with Crippen molar-refractivity contribution in [1.82, 2.24) is 9.88 Å². The van der Waals surface area contributed by atoms with E-state index in [1.165, 1.54) is 11.1 Å². The van der Waals surface area contributed by atoms with Gasteiger partial charge in [-0.2, -0.15) is 0 Å². The Kier molecular flexibility index (Phi) is 5.16. The molecule has 0 spiro atoms. The highest BCUT2D eigenvalue weighted by Crippen LogP contribution is 2.22. The zero-order chi connectivity index (χ0) is 18.7. The number of ether oxygens (including phenoxy) is 2. The minimum Gasteiger partial charge on any atom is -0.497 e. The molecule has 136 valence electrons. The molecule has 3 aromatic rings. The number of rotatable bonds is 6. The predicted octanol–water partition coefficient (Wildman–Crippen LogP) is 3.94. The summed E-state index contributed by atoms with van der Waals surface area (Å²) in [4.78, 5) is 17.6. The number of methoxy groups -OCH3 is 1. The first-order valence-electron chi connectivity index (χ1n) is 8.60. The lowest BCUT2D eigenvalue weighted by Crippen LogP contribution is -2.31. The molecule has 1 aromatic heterocycles. The number of hydrogen-bond donors (Lipinski definition) is 1. The molecule has 2 aromatic carbocycles. The van der Waals surface area contributed by atoms with Crippen LogP contribution >= 0.6 is 0 Å². The summed E-state index contributed by atoms with van der Waals surface area (Å²) in [5.74, 6) is 1.49. The van der Waals surface area contributed by atoms with Crippen molar-refractivity contribution in [3.8, 4) is 11.5 Å². The number of likely N-dealkylation sites (N-methyl/N-ethyl adjacent to an activating group) is 1. The lowest BCUT2D eigenvalue weighted by Gasteiger charge is -2.16. The summed E-state index contributed by atoms with van der Waals surface area (Å²) in [5.41, 5.74) is 3.94. The largest absolute Gasteiger partial charge is 0.497 e. The number of fused-ring (bicyclic) bond motifs is 1. The van der Waals surface area contributed by atoms with Crippen LogP contribution in [0.25, 0.3) is 10.9 Å². The molecule has 0 fully saturated rings. The van der Waals surface area contributed by atoms with Crippen LogP contribution in [0.15, 0.2) is 42.5 Å². The Labute approximate surface area is 153 Å². The van der Waals surface area contributed by atoms with Crippen molar-refractivity contribution in [3.05, 3.63) is 59.3 Å². The van der Waals surface area contributed by atoms with Gasteiger partial charge in [0.2, 0.25) is 0 Å². The average molecular weight is 352 g/mol. The summed E-state index contributed by atoms with van der Waals surface area (Å²) < 4.78 is 10.8. The molecule has 0 bridgehead atoms. The van der Waals surface area contributed by atoms with Gasteiger partial charge in [-0.25, -0.2) is 0 Å². The predicted molar refractivity (Wildman–Crippen MR) is 103 cm³/mol. The van der Waals surface area contributed by atoms with Crippen LogP contribution in [-0.4, -0.2) is 43.1 Å². The van der Waals surface area contributed by atoms with E-state index in [0.717, 1.165) is 22.4 Å². The molecule has 0 saturated heterocycles. The standard InChI is InChI=1S/C21H24N2O3/c1-14-11-15(2)18-13-20(22-19(18)12-14)21(24)23(3)9-10-26-17-7-5-16(25-4)6-8-17/h5-8,11-13,22H,9-10H2,1-4H3. The first-order valence-corrected chi connectivity index (χ1v) is 8.60. The molecule has 0 aliphatic heterocycles. The van der Waals surface area contributed by atoms with E-state index >= 15 is 0 Å². The van der Waals surface area contributed by atoms with Gasteiger partial charge in [0, 0.05) is 18.0 Å². The van der Waals surface area contributed by atoms with Gasteiger partial charge in [0.25, 0.3) is 5.91 Å². The number of benzene rings is 2. The summed E-state index contributed by atoms with van der Waals surface area (Å²) in [6, 6.07) is 13.5. The van der Waals surface area contributed by atoms with Crippen LogP contribution in [-0.2, 0) is 0 Å². The second-order valence-corrected chi connectivity index (χ2v) is 6.48. The van der Waals surface area contributed by atoms with Crippen molar-refractivity contribution >= 4 is 16.8 Å². The molecule has 1 amide bonds. The Morgan fingerprint density at radius 2 is 1.77 bits per heavy atom. The van der Waals surface area contributed by atoms with E-state index in [1.54, 1.807) is 19.1 Å². The van der Waals surface area contributed by atoms with Crippen molar-refractivity contribution in [2.75, 3.05) is 27.3 Å². The van der Waals surface area contributed by atoms with Gasteiger partial charge in [0.15, 0.2) is 0 Å². The SMILES string of the molecule is COc1ccc(OCCN(C)C(=O)c2cc3c(C)cc(C)cc3[nH]2)cc1. The van der Waals surface area contributed by atoms with Crippen LogP contribution in [0.5, 0.6) is 11.5 Å². The van der Waals surface area contributed by atoms with Gasteiger partial charge in [-0.05, 0) is 61.4 Å². The Morgan fingerprint density at radius 3 is 2.46 bits per heavy atom. The fraction of sp³-hybridized carbons (Fsp3) is 0.286. The summed E-state index contributed by atoms with van der Waals surface area (Å²) in [5, 5.41) is 1.09. The Balaban J connectivity index is 1.61. The third-order valence-corrected chi connectivity index (χ3v) is 4.42. The van der Waals surface area contributed by atoms with Crippen LogP contribution < -0.4 is 9.47 Å². The monoisotopic (exact) mass is 352 g/mol. The average Bonchev–Trinajstić information content (AvgIpc) is 3.06. The van der Waals surface area contributed by atoms with E-state index in [9.17, 15) is 4.79 Å². The number of aryl methyl sites for hydroxylation is 2. The second kappa shape index (κ2) is 7.52. The van der Waals surface area contributed by atoms with Crippen LogP contribution in [0.4, 0.5) is 0 Å². The highest BCUT2D eigenvalue weighted by molar-refractivity contribution is 5.98. The van der Waals surface area contributed by atoms with Gasteiger partial charge in [0.05, 0.1) is 13.7 Å². The van der Waals surface area contributed by atoms with Gasteiger partial charge >= 0.3 is 0 Å². The second-order valence-electron chi connectivity index (χ2n) is 6.48. The van der Waals surface area contributed by atoms with Crippen molar-refractivity contribution in [1.29, 1.82) is 0 Å². The normalized spacial score (nSPS) is 10.8. The Bertz CT molecular complexity index is 913. The number of nitrogens with zero attached hydrogens (tertiary/aromatic N) is 1. The van der Waals surface area contributed by atoms with E-state index in [2.05, 4.69) is 31.0 Å². The van der Waals surface area contributed by atoms with E-state index in [-0.39, 0.29) is 5.91 Å². The molecule has 0 unspecified atom stereocenters. The third-order valence-electron chi connectivity index (χ3n) is 4.42. The Morgan fingerprint density at radius 1 is 1.08 bits per heavy atom. The molecule has 0 aliphatic rings. The van der Waals surface area contributed by atoms with Crippen molar-refractivity contribution < 1.29 is 14.3 Å². The molecule has 1 N–H and O–H groups in total. The van der Waals surface area contributed by atoms with E-state index in [4.69, 9.17) is 9.47 Å². The quantitative estimate of drug-likeness (QED) is 0.731. The maximum absolute atomic E-state index is 12.7. The molecule has 1 heterocycles. The Hall–Kier alpha value is -2.95. The molecule has 26 heavy (non-hydrogen) atoms. The van der Waals surface area contributed by atoms with Gasteiger partial charge in [0.1, 0.15) is 23.8 Å². The number of carbonyl (C=O) groups excluding carboxylic acids is 1. The molecule has 0 saturated carbocycles. The van der Waals surface area contributed by atoms with Crippen molar-refractivity contribution in [2.45, 2.75) is 13.8 Å². The number of aromatic amines is 1. The lowest BCUT2D eigenvalue weighted by atomic mass is 10.1. The van der Waals surface area contributed by atoms with Gasteiger partial charge in [-0.1, -0.05) is 6.07 Å². The maximum atomic E-state index is 12.7. The van der Waals surface area contributed by atoms with Gasteiger partial charge < -0.3 is 19.4 Å². The number of carbonyl (C=O) groups is 1. The van der Waals surface area contributed by atoms with Crippen molar-refractivity contribution in [3.63, 3.8) is 0 Å². The van der Waals surface area contributed by atoms with Crippen LogP contribution in [0.2, 0.25) is 0 Å². The van der Waals surface area contributed by atoms with Gasteiger partial charge in [-0.15, -0.1) is 0 Å². The highest BCUT2D eigenvalue weighted by Gasteiger charge is 2.15. The summed E-state index contributed by atoms with van der Waals surface area (Å²) in [6.07, 6.45) is 0. The number of hydrogen-bond acceptors (Lipinski definition) is 3. The zero-order valence-corrected chi connectivity index (χ0v) is 15.6. The number of amides is 1. The van der Waals surface area contributed by atoms with Crippen LogP contribution in [0.3, 0.4) is 0 Å². The van der Waals surface area contributed by atoms with Crippen molar-refractivity contribution in [2.24, 2.45) is 0 Å². The molecule has 0 aliphatic carbocycles. The van der Waals surface area contributed by atoms with Crippen LogP contribution in [0, 0.1) is 13.8 Å². The highest BCUT2D eigenvalue weighted by atomic mass is 16.5. The number of nitrogens with one attached hydrogen (secondary N) is 1. The molecule has 5 nitrogen and oxygen atoms in total. The first-order chi connectivity index (χ1) is 12.5. The third kappa shape index (κ3) is 3.82. The number of aromatic nitrogens is 1. The van der Waals surface area contributed by atoms with Gasteiger partial charge in [-0.3, -0.25) is 4.79 Å². The molecular formula is C21H24N2O3. The maximum Gasteiger partial charge on any atom is 0.270 e. The molecular weight excluding hydrogens is 328 g/mol. The minimum atomic E-state index is -0.0448. The number of H-pyrrole nitrogens is 1. The van der Waals surface area contributed by atoms with E-state index in [0.29, 0.717) is 18.8 Å². The topological polar surface area (TPSA) is 54.6 Å². The lowest BCUT2D eigenvalue weighted by molar-refractivity contribution is 0.0769. The molecule has 0 atom stereocenters. The smallest absolute Gasteiger partial charge is 0.270 e. The van der Waals surface area contributed by atoms with Crippen LogP contribution in [0.1, 0.15) is 21.6 Å². The minimum absolute atomic E-state index is 0.0448. The van der Waals surface area contributed by atoms with E-state index < -0.39 is 0 Å². The zero-order valence-electron chi connectivity index (χ0n) is 15.6. The van der Waals surface area contributed by atoms with E-state index in [1.807, 2.05) is 30.3 Å². The molecule has 0 radical (unpaired) electrons. The first kappa shape index (κ1) is 17.9. The summed E-state index contributed by atoms with van der Waals surface area (Å²) in [7, 11) is 3.41. The summed E-state index contributed by atoms with van der Waals surface area (Å²) in [6.45, 7) is 5.03. The fourth-order valence-corrected chi connectivity index (χ4v) is 2.99. The molecule has 5 heteroatoms. The fourth-order valence-electron chi connectivity index (χ4n) is 2.99. The molecule has 3 rings (SSSR count).